The summed E-state index contributed by atoms with van der Waals surface area (Å²) in [4.78, 5) is 13.7. The number of nitrogens with one attached hydrogen (secondary N) is 1. The van der Waals surface area contributed by atoms with Gasteiger partial charge in [-0.2, -0.15) is 0 Å². The van der Waals surface area contributed by atoms with Crippen LogP contribution in [0.15, 0.2) is 21.7 Å². The van der Waals surface area contributed by atoms with Crippen molar-refractivity contribution in [2.45, 2.75) is 29.5 Å². The molecule has 1 amide bonds. The smallest absolute Gasteiger partial charge is 0.250 e. The minimum absolute atomic E-state index is 0.0998. The molecule has 19 heavy (non-hydrogen) atoms. The zero-order valence-electron chi connectivity index (χ0n) is 10.4. The number of likely N-dealkylation sites (tertiary alicyclic amines) is 1. The summed E-state index contributed by atoms with van der Waals surface area (Å²) >= 11 is 1.20. The molecule has 2 heterocycles. The predicted molar refractivity (Wildman–Crippen MR) is 72.3 cm³/mol. The van der Waals surface area contributed by atoms with Gasteiger partial charge >= 0.3 is 0 Å². The lowest BCUT2D eigenvalue weighted by Crippen LogP contribution is -2.31. The first-order valence-corrected chi connectivity index (χ1v) is 8.75. The Balaban J connectivity index is 1.57. The first kappa shape index (κ1) is 13.1. The lowest BCUT2D eigenvalue weighted by molar-refractivity contribution is -0.128. The molecule has 5 nitrogen and oxygen atoms in total. The van der Waals surface area contributed by atoms with Gasteiger partial charge in [-0.3, -0.25) is 4.79 Å². The van der Waals surface area contributed by atoms with Crippen LogP contribution in [0.3, 0.4) is 0 Å². The van der Waals surface area contributed by atoms with E-state index in [1.165, 1.54) is 11.3 Å². The molecule has 0 aromatic carbocycles. The first-order chi connectivity index (χ1) is 9.06. The van der Waals surface area contributed by atoms with Gasteiger partial charge in [0.15, 0.2) is 0 Å². The second kappa shape index (κ2) is 4.88. The molecule has 1 unspecified atom stereocenters. The number of rotatable bonds is 5. The number of hydrogen-bond acceptors (Lipinski definition) is 4. The summed E-state index contributed by atoms with van der Waals surface area (Å²) in [5.41, 5.74) is 0. The summed E-state index contributed by atoms with van der Waals surface area (Å²) in [5.74, 6) is 0.269. The van der Waals surface area contributed by atoms with Gasteiger partial charge in [0.1, 0.15) is 4.21 Å². The van der Waals surface area contributed by atoms with E-state index in [0.717, 1.165) is 12.8 Å². The van der Waals surface area contributed by atoms with Gasteiger partial charge < -0.3 is 4.90 Å². The van der Waals surface area contributed by atoms with Crippen molar-refractivity contribution in [1.82, 2.24) is 9.62 Å². The van der Waals surface area contributed by atoms with Crippen molar-refractivity contribution in [3.8, 4) is 0 Å². The maximum Gasteiger partial charge on any atom is 0.250 e. The Morgan fingerprint density at radius 2 is 2.21 bits per heavy atom. The SMILES string of the molecule is O=C1CC(CNS(=O)(=O)c2cccs2)CN1C1CC1. The Bertz CT molecular complexity index is 564. The number of carbonyl (C=O) groups is 1. The molecule has 1 aliphatic heterocycles. The molecule has 2 aliphatic rings. The van der Waals surface area contributed by atoms with Crippen LogP contribution in [-0.4, -0.2) is 38.4 Å². The highest BCUT2D eigenvalue weighted by molar-refractivity contribution is 7.91. The van der Waals surface area contributed by atoms with Gasteiger partial charge in [0.2, 0.25) is 15.9 Å². The standard InChI is InChI=1S/C12H16N2O3S2/c15-11-6-9(8-14(11)10-3-4-10)7-13-19(16,17)12-2-1-5-18-12/h1-2,5,9-10,13H,3-4,6-8H2. The first-order valence-electron chi connectivity index (χ1n) is 6.39. The summed E-state index contributed by atoms with van der Waals surface area (Å²) in [6.45, 7) is 1.03. The Morgan fingerprint density at radius 1 is 1.42 bits per heavy atom. The number of hydrogen-bond donors (Lipinski definition) is 1. The molecule has 1 saturated heterocycles. The molecule has 1 aliphatic carbocycles. The van der Waals surface area contributed by atoms with E-state index in [0.29, 0.717) is 29.8 Å². The molecular weight excluding hydrogens is 284 g/mol. The summed E-state index contributed by atoms with van der Waals surface area (Å²) in [6, 6.07) is 3.72. The van der Waals surface area contributed by atoms with Crippen LogP contribution in [0.5, 0.6) is 0 Å². The topological polar surface area (TPSA) is 66.5 Å². The molecule has 0 spiro atoms. The van der Waals surface area contributed by atoms with Crippen molar-refractivity contribution >= 4 is 27.3 Å². The fraction of sp³-hybridized carbons (Fsp3) is 0.583. The van der Waals surface area contributed by atoms with Crippen LogP contribution >= 0.6 is 11.3 Å². The third kappa shape index (κ3) is 2.82. The average molecular weight is 300 g/mol. The summed E-state index contributed by atoms with van der Waals surface area (Å²) < 4.78 is 26.9. The Hall–Kier alpha value is -0.920. The van der Waals surface area contributed by atoms with Crippen molar-refractivity contribution in [2.75, 3.05) is 13.1 Å². The van der Waals surface area contributed by atoms with E-state index in [1.54, 1.807) is 17.5 Å². The molecule has 3 rings (SSSR count). The fourth-order valence-corrected chi connectivity index (χ4v) is 4.55. The number of carbonyl (C=O) groups excluding carboxylic acids is 1. The molecular formula is C12H16N2O3S2. The van der Waals surface area contributed by atoms with Gasteiger partial charge in [0.05, 0.1) is 0 Å². The van der Waals surface area contributed by atoms with Crippen LogP contribution in [0.25, 0.3) is 0 Å². The van der Waals surface area contributed by atoms with E-state index in [-0.39, 0.29) is 11.8 Å². The molecule has 1 aromatic rings. The second-order valence-electron chi connectivity index (χ2n) is 5.13. The van der Waals surface area contributed by atoms with Crippen molar-refractivity contribution in [3.05, 3.63) is 17.5 Å². The van der Waals surface area contributed by atoms with Crippen LogP contribution in [0, 0.1) is 5.92 Å². The van der Waals surface area contributed by atoms with Gasteiger partial charge in [-0.15, -0.1) is 11.3 Å². The van der Waals surface area contributed by atoms with E-state index in [2.05, 4.69) is 4.72 Å². The van der Waals surface area contributed by atoms with E-state index in [9.17, 15) is 13.2 Å². The van der Waals surface area contributed by atoms with Crippen molar-refractivity contribution in [3.63, 3.8) is 0 Å². The highest BCUT2D eigenvalue weighted by Gasteiger charge is 2.39. The minimum Gasteiger partial charge on any atom is -0.339 e. The average Bonchev–Trinajstić information content (AvgIpc) is 2.91. The number of amides is 1. The second-order valence-corrected chi connectivity index (χ2v) is 8.07. The Labute approximate surface area is 116 Å². The molecule has 0 radical (unpaired) electrons. The van der Waals surface area contributed by atoms with Crippen molar-refractivity contribution < 1.29 is 13.2 Å². The highest BCUT2D eigenvalue weighted by Crippen LogP contribution is 2.32. The largest absolute Gasteiger partial charge is 0.339 e. The fourth-order valence-electron chi connectivity index (χ4n) is 2.40. The van der Waals surface area contributed by atoms with Gasteiger partial charge in [-0.1, -0.05) is 6.07 Å². The third-order valence-electron chi connectivity index (χ3n) is 3.55. The summed E-state index contributed by atoms with van der Waals surface area (Å²) in [7, 11) is -3.41. The predicted octanol–water partition coefficient (Wildman–Crippen LogP) is 1.04. The molecule has 1 saturated carbocycles. The molecule has 0 bridgehead atoms. The summed E-state index contributed by atoms with van der Waals surface area (Å²) in [6.07, 6.45) is 2.65. The van der Waals surface area contributed by atoms with Crippen molar-refractivity contribution in [1.29, 1.82) is 0 Å². The van der Waals surface area contributed by atoms with Crippen LogP contribution in [0.2, 0.25) is 0 Å². The molecule has 2 fully saturated rings. The van der Waals surface area contributed by atoms with Crippen LogP contribution in [0.1, 0.15) is 19.3 Å². The molecule has 1 N–H and O–H groups in total. The summed E-state index contributed by atoms with van der Waals surface area (Å²) in [5, 5.41) is 1.74. The minimum atomic E-state index is -3.41. The van der Waals surface area contributed by atoms with E-state index in [1.807, 2.05) is 4.90 Å². The van der Waals surface area contributed by atoms with Crippen LogP contribution in [0.4, 0.5) is 0 Å². The van der Waals surface area contributed by atoms with E-state index >= 15 is 0 Å². The Kier molecular flexibility index (Phi) is 3.36. The lowest BCUT2D eigenvalue weighted by atomic mass is 10.1. The lowest BCUT2D eigenvalue weighted by Gasteiger charge is -2.15. The van der Waals surface area contributed by atoms with Crippen molar-refractivity contribution in [2.24, 2.45) is 5.92 Å². The highest BCUT2D eigenvalue weighted by atomic mass is 32.2. The van der Waals surface area contributed by atoms with Gasteiger partial charge in [-0.25, -0.2) is 13.1 Å². The maximum atomic E-state index is 12.0. The molecule has 104 valence electrons. The van der Waals surface area contributed by atoms with Gasteiger partial charge in [-0.05, 0) is 30.2 Å². The van der Waals surface area contributed by atoms with Gasteiger partial charge in [0, 0.05) is 25.6 Å². The molecule has 7 heteroatoms. The number of sulfonamides is 1. The van der Waals surface area contributed by atoms with E-state index in [4.69, 9.17) is 0 Å². The monoisotopic (exact) mass is 300 g/mol. The van der Waals surface area contributed by atoms with Crippen LogP contribution < -0.4 is 4.72 Å². The maximum absolute atomic E-state index is 12.0. The molecule has 1 atom stereocenters. The van der Waals surface area contributed by atoms with Crippen LogP contribution in [-0.2, 0) is 14.8 Å². The number of thiophene rings is 1. The van der Waals surface area contributed by atoms with Gasteiger partial charge in [0.25, 0.3) is 0 Å². The molecule has 1 aromatic heterocycles. The normalized spacial score (nSPS) is 24.1. The Morgan fingerprint density at radius 3 is 2.84 bits per heavy atom. The zero-order valence-corrected chi connectivity index (χ0v) is 12.0. The number of nitrogens with zero attached hydrogens (tertiary/aromatic N) is 1. The van der Waals surface area contributed by atoms with E-state index < -0.39 is 10.0 Å². The zero-order chi connectivity index (χ0) is 13.5. The quantitative estimate of drug-likeness (QED) is 0.883. The third-order valence-corrected chi connectivity index (χ3v) is 6.37.